The Morgan fingerprint density at radius 2 is 2.00 bits per heavy atom. The van der Waals surface area contributed by atoms with E-state index in [0.29, 0.717) is 5.01 Å². The first-order valence-corrected chi connectivity index (χ1v) is 7.88. The molecule has 0 saturated carbocycles. The van der Waals surface area contributed by atoms with Crippen LogP contribution in [0.4, 0.5) is 0 Å². The maximum Gasteiger partial charge on any atom is 0.491 e. The van der Waals surface area contributed by atoms with Gasteiger partial charge in [0.1, 0.15) is 5.01 Å². The lowest BCUT2D eigenvalue weighted by molar-refractivity contribution is 0.00578. The second kappa shape index (κ2) is 6.12. The molecule has 2 N–H and O–H groups in total. The van der Waals surface area contributed by atoms with Crippen LogP contribution in [-0.2, 0) is 14.0 Å². The van der Waals surface area contributed by atoms with E-state index in [1.807, 2.05) is 27.7 Å². The molecule has 0 spiro atoms. The van der Waals surface area contributed by atoms with Crippen molar-refractivity contribution in [3.8, 4) is 0 Å². The lowest BCUT2D eigenvalue weighted by Crippen LogP contribution is -2.41. The lowest BCUT2D eigenvalue weighted by atomic mass is 9.78. The van der Waals surface area contributed by atoms with Crippen molar-refractivity contribution in [2.45, 2.75) is 38.9 Å². The summed E-state index contributed by atoms with van der Waals surface area (Å²) >= 11 is 1.34. The van der Waals surface area contributed by atoms with Crippen molar-refractivity contribution in [1.82, 2.24) is 4.98 Å². The first kappa shape index (κ1) is 17.1. The van der Waals surface area contributed by atoms with Crippen molar-refractivity contribution in [3.63, 3.8) is 0 Å². The van der Waals surface area contributed by atoms with Gasteiger partial charge in [-0.3, -0.25) is 0 Å². The van der Waals surface area contributed by atoms with E-state index < -0.39 is 24.3 Å². The Kier molecular flexibility index (Phi) is 4.77. The minimum Gasteiger partial charge on any atom is -0.464 e. The summed E-state index contributed by atoms with van der Waals surface area (Å²) in [6.45, 7) is 8.23. The standard InChI is InChI=1S/C14H21BN2O4S/c1-13(2)14(3,4)21-15(20-13)9(7-16)6-11-17-10(8-22-11)12(18)19-5/h6,8H,7,16H2,1-5H3. The summed E-state index contributed by atoms with van der Waals surface area (Å²) in [4.78, 5) is 15.6. The average Bonchev–Trinajstić information content (AvgIpc) is 2.98. The van der Waals surface area contributed by atoms with E-state index in [2.05, 4.69) is 9.72 Å². The summed E-state index contributed by atoms with van der Waals surface area (Å²) < 4.78 is 16.6. The minimum absolute atomic E-state index is 0.282. The number of ether oxygens (including phenoxy) is 1. The Balaban J connectivity index is 2.22. The van der Waals surface area contributed by atoms with Gasteiger partial charge in [0.2, 0.25) is 0 Å². The minimum atomic E-state index is -0.513. The van der Waals surface area contributed by atoms with Crippen LogP contribution >= 0.6 is 11.3 Å². The molecule has 2 heterocycles. The topological polar surface area (TPSA) is 83.7 Å². The molecule has 6 nitrogen and oxygen atoms in total. The summed E-state index contributed by atoms with van der Waals surface area (Å²) in [5.41, 5.74) is 6.04. The number of hydrogen-bond acceptors (Lipinski definition) is 7. The number of esters is 1. The monoisotopic (exact) mass is 324 g/mol. The summed E-state index contributed by atoms with van der Waals surface area (Å²) in [5.74, 6) is -0.458. The Morgan fingerprint density at radius 3 is 2.50 bits per heavy atom. The van der Waals surface area contributed by atoms with Gasteiger partial charge in [0.25, 0.3) is 0 Å². The molecule has 1 saturated heterocycles. The van der Waals surface area contributed by atoms with Crippen LogP contribution in [0.15, 0.2) is 10.9 Å². The molecule has 0 radical (unpaired) electrons. The lowest BCUT2D eigenvalue weighted by Gasteiger charge is -2.32. The third-order valence-electron chi connectivity index (χ3n) is 4.02. The molecule has 8 heteroatoms. The third kappa shape index (κ3) is 3.25. The summed E-state index contributed by atoms with van der Waals surface area (Å²) in [6, 6.07) is 0. The molecule has 2 rings (SSSR count). The van der Waals surface area contributed by atoms with E-state index in [0.717, 1.165) is 5.47 Å². The molecule has 1 aliphatic heterocycles. The van der Waals surface area contributed by atoms with Gasteiger partial charge in [-0.2, -0.15) is 0 Å². The number of hydrogen-bond donors (Lipinski definition) is 1. The molecule has 0 aromatic carbocycles. The van der Waals surface area contributed by atoms with E-state index in [1.165, 1.54) is 18.4 Å². The van der Waals surface area contributed by atoms with Crippen molar-refractivity contribution in [3.05, 3.63) is 21.6 Å². The van der Waals surface area contributed by atoms with E-state index >= 15 is 0 Å². The average molecular weight is 324 g/mol. The number of rotatable bonds is 4. The summed E-state index contributed by atoms with van der Waals surface area (Å²) in [7, 11) is 0.813. The largest absolute Gasteiger partial charge is 0.491 e. The van der Waals surface area contributed by atoms with Gasteiger partial charge in [0.05, 0.1) is 18.3 Å². The van der Waals surface area contributed by atoms with Crippen LogP contribution in [0.5, 0.6) is 0 Å². The predicted octanol–water partition coefficient (Wildman–Crippen LogP) is 1.90. The quantitative estimate of drug-likeness (QED) is 0.673. The summed E-state index contributed by atoms with van der Waals surface area (Å²) in [6.07, 6.45) is 1.80. The molecule has 1 aliphatic rings. The molecule has 22 heavy (non-hydrogen) atoms. The van der Waals surface area contributed by atoms with E-state index in [1.54, 1.807) is 11.5 Å². The molecule has 0 aliphatic carbocycles. The van der Waals surface area contributed by atoms with Gasteiger partial charge < -0.3 is 19.8 Å². The third-order valence-corrected chi connectivity index (χ3v) is 4.81. The van der Waals surface area contributed by atoms with E-state index in [-0.39, 0.29) is 12.2 Å². The normalized spacial score (nSPS) is 20.3. The van der Waals surface area contributed by atoms with Gasteiger partial charge in [0.15, 0.2) is 5.69 Å². The van der Waals surface area contributed by atoms with Crippen LogP contribution in [0.3, 0.4) is 0 Å². The zero-order valence-corrected chi connectivity index (χ0v) is 14.3. The first-order valence-electron chi connectivity index (χ1n) is 7.00. The van der Waals surface area contributed by atoms with Crippen molar-refractivity contribution in [1.29, 1.82) is 0 Å². The van der Waals surface area contributed by atoms with Crippen LogP contribution in [-0.4, -0.2) is 42.9 Å². The fourth-order valence-electron chi connectivity index (χ4n) is 1.93. The molecule has 0 atom stereocenters. The van der Waals surface area contributed by atoms with Crippen LogP contribution in [0, 0.1) is 0 Å². The molecular weight excluding hydrogens is 303 g/mol. The molecule has 120 valence electrons. The SMILES string of the molecule is COC(=O)c1csc(C=C(CN)B2OC(C)(C)C(C)(C)O2)n1. The highest BCUT2D eigenvalue weighted by molar-refractivity contribution is 7.10. The van der Waals surface area contributed by atoms with Crippen molar-refractivity contribution >= 4 is 30.5 Å². The number of nitrogens with zero attached hydrogens (tertiary/aromatic N) is 1. The van der Waals surface area contributed by atoms with Crippen LogP contribution in [0.1, 0.15) is 43.2 Å². The number of carbonyl (C=O) groups excluding carboxylic acids is 1. The molecule has 1 aromatic heterocycles. The highest BCUT2D eigenvalue weighted by Crippen LogP contribution is 2.38. The number of thiazole rings is 1. The zero-order valence-electron chi connectivity index (χ0n) is 13.5. The fourth-order valence-corrected chi connectivity index (χ4v) is 2.68. The van der Waals surface area contributed by atoms with E-state index in [4.69, 9.17) is 15.0 Å². The van der Waals surface area contributed by atoms with Gasteiger partial charge in [-0.05, 0) is 39.2 Å². The number of carbonyl (C=O) groups is 1. The first-order chi connectivity index (χ1) is 10.2. The van der Waals surface area contributed by atoms with Gasteiger partial charge in [-0.1, -0.05) is 0 Å². The molecular formula is C14H21BN2O4S. The van der Waals surface area contributed by atoms with Crippen LogP contribution in [0.25, 0.3) is 6.08 Å². The molecule has 1 fully saturated rings. The van der Waals surface area contributed by atoms with E-state index in [9.17, 15) is 4.79 Å². The highest BCUT2D eigenvalue weighted by Gasteiger charge is 2.52. The van der Waals surface area contributed by atoms with Gasteiger partial charge in [-0.15, -0.1) is 11.3 Å². The number of nitrogens with two attached hydrogens (primary N) is 1. The zero-order chi connectivity index (χ0) is 16.5. The van der Waals surface area contributed by atoms with Crippen molar-refractivity contribution < 1.29 is 18.8 Å². The molecule has 1 aromatic rings. The second-order valence-electron chi connectivity index (χ2n) is 6.07. The Labute approximate surface area is 134 Å². The fraction of sp³-hybridized carbons (Fsp3) is 0.571. The smallest absolute Gasteiger partial charge is 0.464 e. The van der Waals surface area contributed by atoms with Gasteiger partial charge in [-0.25, -0.2) is 9.78 Å². The van der Waals surface area contributed by atoms with Crippen LogP contribution in [0.2, 0.25) is 0 Å². The number of methoxy groups -OCH3 is 1. The maximum absolute atomic E-state index is 11.4. The maximum atomic E-state index is 11.4. The predicted molar refractivity (Wildman–Crippen MR) is 86.6 cm³/mol. The van der Waals surface area contributed by atoms with Crippen molar-refractivity contribution in [2.75, 3.05) is 13.7 Å². The Morgan fingerprint density at radius 1 is 1.41 bits per heavy atom. The molecule has 0 unspecified atom stereocenters. The van der Waals surface area contributed by atoms with Crippen molar-refractivity contribution in [2.24, 2.45) is 5.73 Å². The van der Waals surface area contributed by atoms with Gasteiger partial charge in [0, 0.05) is 11.9 Å². The Hall–Kier alpha value is -1.22. The second-order valence-corrected chi connectivity index (χ2v) is 6.96. The molecule has 0 bridgehead atoms. The highest BCUT2D eigenvalue weighted by atomic mass is 32.1. The number of aromatic nitrogens is 1. The summed E-state index contributed by atoms with van der Waals surface area (Å²) in [5, 5.41) is 2.31. The van der Waals surface area contributed by atoms with Crippen LogP contribution < -0.4 is 5.73 Å². The molecule has 0 amide bonds. The Bertz CT molecular complexity index is 581. The van der Waals surface area contributed by atoms with Gasteiger partial charge >= 0.3 is 13.1 Å².